The Bertz CT molecular complexity index is 1050. The average Bonchev–Trinajstić information content (AvgIpc) is 3.05. The fourth-order valence-electron chi connectivity index (χ4n) is 4.10. The van der Waals surface area contributed by atoms with Gasteiger partial charge in [-0.3, -0.25) is 18.6 Å². The van der Waals surface area contributed by atoms with Crippen LogP contribution in [0.25, 0.3) is 0 Å². The van der Waals surface area contributed by atoms with Gasteiger partial charge in [0.2, 0.25) is 5.91 Å². The van der Waals surface area contributed by atoms with E-state index in [2.05, 4.69) is 82.0 Å². The van der Waals surface area contributed by atoms with Crippen LogP contribution < -0.4 is 5.32 Å². The molecule has 0 fully saturated rings. The predicted molar refractivity (Wildman–Crippen MR) is 189 cm³/mol. The largest absolute Gasteiger partial charge is 0.480 e. The van der Waals surface area contributed by atoms with E-state index in [4.69, 9.17) is 4.74 Å². The zero-order valence-electron chi connectivity index (χ0n) is 29.0. The van der Waals surface area contributed by atoms with Gasteiger partial charge in [0.05, 0.1) is 13.2 Å². The van der Waals surface area contributed by atoms with Crippen LogP contribution in [0.3, 0.4) is 0 Å². The number of carboxylic acid groups (broad SMARTS) is 1. The molecule has 1 amide bonds. The Morgan fingerprint density at radius 3 is 1.79 bits per heavy atom. The SMILES string of the molecule is CC/C=C\C/C=C\C/C=C\C/C=C\C/C=C\CCCCCCCC(=O)OCC(O)COP(=O)(O)OCC(NC(=O)CCCCC)C(=O)O. The number of phosphoric acid groups is 1. The highest BCUT2D eigenvalue weighted by Crippen LogP contribution is 2.43. The van der Waals surface area contributed by atoms with Crippen LogP contribution in [0.5, 0.6) is 0 Å². The van der Waals surface area contributed by atoms with Crippen LogP contribution in [0.1, 0.15) is 117 Å². The summed E-state index contributed by atoms with van der Waals surface area (Å²) in [6, 6.07) is -1.54. The van der Waals surface area contributed by atoms with E-state index in [0.717, 1.165) is 77.0 Å². The number of aliphatic hydroxyl groups is 1. The number of esters is 1. The molecule has 4 N–H and O–H groups in total. The maximum Gasteiger partial charge on any atom is 0.472 e. The van der Waals surface area contributed by atoms with Gasteiger partial charge in [0.1, 0.15) is 12.7 Å². The van der Waals surface area contributed by atoms with E-state index in [0.29, 0.717) is 12.8 Å². The Kier molecular flexibility index (Phi) is 29.6. The Balaban J connectivity index is 3.88. The lowest BCUT2D eigenvalue weighted by molar-refractivity contribution is -0.147. The molecule has 0 spiro atoms. The minimum atomic E-state index is -4.74. The molecule has 11 nitrogen and oxygen atoms in total. The number of unbranched alkanes of at least 4 members (excludes halogenated alkanes) is 7. The van der Waals surface area contributed by atoms with Crippen molar-refractivity contribution in [3.05, 3.63) is 60.8 Å². The number of rotatable bonds is 31. The molecule has 274 valence electrons. The van der Waals surface area contributed by atoms with Crippen molar-refractivity contribution in [3.63, 3.8) is 0 Å². The molecule has 3 unspecified atom stereocenters. The average molecular weight is 698 g/mol. The van der Waals surface area contributed by atoms with Gasteiger partial charge in [-0.1, -0.05) is 107 Å². The summed E-state index contributed by atoms with van der Waals surface area (Å²) < 4.78 is 26.4. The molecule has 0 aliphatic carbocycles. The van der Waals surface area contributed by atoms with E-state index in [1.807, 2.05) is 6.92 Å². The lowest BCUT2D eigenvalue weighted by Gasteiger charge is -2.18. The number of allylic oxidation sites excluding steroid dienone is 10. The second-order valence-electron chi connectivity index (χ2n) is 11.3. The summed E-state index contributed by atoms with van der Waals surface area (Å²) in [5.74, 6) is -2.44. The first kappa shape index (κ1) is 45.2. The monoisotopic (exact) mass is 697 g/mol. The van der Waals surface area contributed by atoms with Crippen molar-refractivity contribution in [1.82, 2.24) is 5.32 Å². The maximum absolute atomic E-state index is 12.1. The Morgan fingerprint density at radius 2 is 1.21 bits per heavy atom. The number of nitrogens with one attached hydrogen (secondary N) is 1. The number of hydrogen-bond acceptors (Lipinski definition) is 8. The van der Waals surface area contributed by atoms with Crippen LogP contribution in [0.2, 0.25) is 0 Å². The van der Waals surface area contributed by atoms with Crippen molar-refractivity contribution >= 4 is 25.7 Å². The molecule has 0 aliphatic rings. The number of carboxylic acids is 1. The molecule has 0 heterocycles. The van der Waals surface area contributed by atoms with Gasteiger partial charge in [0.25, 0.3) is 0 Å². The molecule has 0 bridgehead atoms. The fourth-order valence-corrected chi connectivity index (χ4v) is 4.88. The second kappa shape index (κ2) is 31.4. The summed E-state index contributed by atoms with van der Waals surface area (Å²) >= 11 is 0. The summed E-state index contributed by atoms with van der Waals surface area (Å²) in [6.07, 6.45) is 33.8. The molecule has 0 aromatic rings. The van der Waals surface area contributed by atoms with Crippen molar-refractivity contribution in [2.75, 3.05) is 19.8 Å². The van der Waals surface area contributed by atoms with E-state index in [9.17, 15) is 34.1 Å². The highest BCUT2D eigenvalue weighted by atomic mass is 31.2. The number of carbonyl (C=O) groups excluding carboxylic acids is 2. The Morgan fingerprint density at radius 1 is 0.688 bits per heavy atom. The summed E-state index contributed by atoms with van der Waals surface area (Å²) in [5, 5.41) is 21.4. The zero-order valence-corrected chi connectivity index (χ0v) is 29.9. The number of phosphoric ester groups is 1. The van der Waals surface area contributed by atoms with Gasteiger partial charge in [-0.15, -0.1) is 0 Å². The topological polar surface area (TPSA) is 169 Å². The van der Waals surface area contributed by atoms with Crippen LogP contribution in [-0.4, -0.2) is 64.9 Å². The van der Waals surface area contributed by atoms with Gasteiger partial charge in [-0.25, -0.2) is 9.36 Å². The summed E-state index contributed by atoms with van der Waals surface area (Å²) in [4.78, 5) is 44.9. The van der Waals surface area contributed by atoms with E-state index < -0.39 is 57.6 Å². The molecular weight excluding hydrogens is 637 g/mol. The zero-order chi connectivity index (χ0) is 35.7. The third kappa shape index (κ3) is 30.5. The standard InChI is InChI=1S/C36H60NO10P/c1-3-5-7-8-9-10-11-12-13-14-15-16-17-18-19-20-21-22-23-24-26-28-35(40)45-29-32(38)30-46-48(43,44)47-31-33(36(41)42)37-34(39)27-25-6-4-2/h5,7,9-10,12-13,15-16,18-19,32-33,38H,3-4,6,8,11,14,17,20-31H2,1-2H3,(H,37,39)(H,41,42)(H,43,44)/b7-5-,10-9-,13-12-,16-15-,19-18-. The first-order valence-electron chi connectivity index (χ1n) is 17.3. The summed E-state index contributed by atoms with van der Waals surface area (Å²) in [6.45, 7) is 2.18. The van der Waals surface area contributed by atoms with E-state index in [-0.39, 0.29) is 12.8 Å². The molecule has 12 heteroatoms. The Labute approximate surface area is 287 Å². The van der Waals surface area contributed by atoms with Crippen molar-refractivity contribution in [2.45, 2.75) is 129 Å². The number of aliphatic carboxylic acids is 1. The van der Waals surface area contributed by atoms with Gasteiger partial charge in [-0.2, -0.15) is 0 Å². The van der Waals surface area contributed by atoms with Gasteiger partial charge in [0.15, 0.2) is 6.04 Å². The highest BCUT2D eigenvalue weighted by molar-refractivity contribution is 7.47. The van der Waals surface area contributed by atoms with Crippen LogP contribution in [0, 0.1) is 0 Å². The molecule has 0 aromatic heterocycles. The number of aliphatic hydroxyl groups excluding tert-OH is 1. The third-order valence-corrected chi connectivity index (χ3v) is 7.77. The molecule has 0 rings (SSSR count). The number of amides is 1. The van der Waals surface area contributed by atoms with Crippen molar-refractivity contribution in [2.24, 2.45) is 0 Å². The van der Waals surface area contributed by atoms with Gasteiger partial charge in [-0.05, 0) is 57.8 Å². The van der Waals surface area contributed by atoms with Gasteiger partial charge < -0.3 is 25.2 Å². The van der Waals surface area contributed by atoms with E-state index in [1.54, 1.807) is 0 Å². The quantitative estimate of drug-likeness (QED) is 0.0244. The molecule has 3 atom stereocenters. The lowest BCUT2D eigenvalue weighted by Crippen LogP contribution is -2.43. The summed E-state index contributed by atoms with van der Waals surface area (Å²) in [7, 11) is -4.74. The minimum absolute atomic E-state index is 0.127. The fraction of sp³-hybridized carbons (Fsp3) is 0.639. The van der Waals surface area contributed by atoms with Crippen molar-refractivity contribution in [3.8, 4) is 0 Å². The van der Waals surface area contributed by atoms with Crippen LogP contribution >= 0.6 is 7.82 Å². The minimum Gasteiger partial charge on any atom is -0.480 e. The maximum atomic E-state index is 12.1. The molecular formula is C36H60NO10P. The molecule has 0 saturated carbocycles. The molecule has 0 radical (unpaired) electrons. The normalized spacial score (nSPS) is 14.8. The first-order chi connectivity index (χ1) is 23.1. The van der Waals surface area contributed by atoms with Crippen LogP contribution in [-0.2, 0) is 32.7 Å². The predicted octanol–water partition coefficient (Wildman–Crippen LogP) is 7.66. The molecule has 0 aliphatic heterocycles. The number of hydrogen-bond donors (Lipinski definition) is 4. The summed E-state index contributed by atoms with van der Waals surface area (Å²) in [5.41, 5.74) is 0. The highest BCUT2D eigenvalue weighted by Gasteiger charge is 2.28. The molecule has 48 heavy (non-hydrogen) atoms. The van der Waals surface area contributed by atoms with Crippen LogP contribution in [0.15, 0.2) is 60.8 Å². The number of ether oxygens (including phenoxy) is 1. The van der Waals surface area contributed by atoms with E-state index in [1.165, 1.54) is 0 Å². The molecule has 0 saturated heterocycles. The smallest absolute Gasteiger partial charge is 0.472 e. The van der Waals surface area contributed by atoms with Crippen LogP contribution in [0.4, 0.5) is 0 Å². The first-order valence-corrected chi connectivity index (χ1v) is 18.8. The molecule has 0 aromatic carbocycles. The number of carbonyl (C=O) groups is 3. The third-order valence-electron chi connectivity index (χ3n) is 6.82. The van der Waals surface area contributed by atoms with Gasteiger partial charge >= 0.3 is 19.8 Å². The lowest BCUT2D eigenvalue weighted by atomic mass is 10.1. The van der Waals surface area contributed by atoms with Gasteiger partial charge in [0, 0.05) is 12.8 Å². The Hall–Kier alpha value is -2.82. The van der Waals surface area contributed by atoms with Crippen molar-refractivity contribution in [1.29, 1.82) is 0 Å². The van der Waals surface area contributed by atoms with E-state index >= 15 is 0 Å². The van der Waals surface area contributed by atoms with Crippen molar-refractivity contribution < 1.29 is 47.8 Å². The second-order valence-corrected chi connectivity index (χ2v) is 12.8.